The summed E-state index contributed by atoms with van der Waals surface area (Å²) in [6.45, 7) is -1.17. The number of nitrogens with one attached hydrogen (secondary N) is 4. The molecule has 2 aromatic carbocycles. The van der Waals surface area contributed by atoms with Gasteiger partial charge in [-0.1, -0.05) is 83.9 Å². The molecule has 288 valence electrons. The molecule has 0 atom stereocenters. The molecule has 4 amide bonds. The van der Waals surface area contributed by atoms with Gasteiger partial charge in [-0.2, -0.15) is 0 Å². The molecule has 0 bridgehead atoms. The number of carbonyl (C=O) groups excluding carboxylic acids is 4. The molecule has 0 spiro atoms. The minimum absolute atomic E-state index is 0.0383. The number of halogens is 2. The second kappa shape index (κ2) is 19.3. The summed E-state index contributed by atoms with van der Waals surface area (Å²) in [5, 5.41) is 19.5. The molecule has 55 heavy (non-hydrogen) atoms. The van der Waals surface area contributed by atoms with Gasteiger partial charge in [0.2, 0.25) is 0 Å². The van der Waals surface area contributed by atoms with E-state index < -0.39 is 69.2 Å². The van der Waals surface area contributed by atoms with Crippen LogP contribution in [0.5, 0.6) is 0 Å². The zero-order chi connectivity index (χ0) is 40.1. The van der Waals surface area contributed by atoms with Crippen molar-refractivity contribution >= 4 is 82.4 Å². The largest absolute Gasteiger partial charge is 0.444 e. The van der Waals surface area contributed by atoms with E-state index in [0.29, 0.717) is 0 Å². The molecular weight excluding hydrogens is 763 g/mol. The second-order valence-corrected chi connectivity index (χ2v) is 11.6. The molecule has 0 aliphatic heterocycles. The molecule has 21 nitrogen and oxygen atoms in total. The molecule has 0 saturated heterocycles. The SMILES string of the molecule is N=C(N)N(CCOCCN(C(=N)N)C(=O)c1nc(Cl)c(NC(=O)OCc2ccccc2)nc1N)C(=O)c1nc(Cl)c(NC(=O)OCc2ccccc2)nc1N. The number of nitrogens with zero attached hydrogens (tertiary/aromatic N) is 6. The number of aromatic nitrogens is 4. The average molecular weight is 798 g/mol. The maximum atomic E-state index is 13.2. The first-order valence-corrected chi connectivity index (χ1v) is 16.5. The Hall–Kier alpha value is -6.84. The number of anilines is 4. The molecule has 0 aliphatic rings. The van der Waals surface area contributed by atoms with Crippen molar-refractivity contribution in [1.29, 1.82) is 10.8 Å². The highest BCUT2D eigenvalue weighted by Gasteiger charge is 2.27. The lowest BCUT2D eigenvalue weighted by atomic mass is 10.2. The molecule has 0 aliphatic carbocycles. The molecule has 0 unspecified atom stereocenters. The van der Waals surface area contributed by atoms with E-state index in [4.69, 9.17) is 71.2 Å². The Bertz CT molecular complexity index is 1920. The molecule has 0 saturated carbocycles. The van der Waals surface area contributed by atoms with Crippen LogP contribution in [-0.2, 0) is 27.4 Å². The van der Waals surface area contributed by atoms with E-state index in [1.165, 1.54) is 0 Å². The number of nitrogen functional groups attached to an aromatic ring is 2. The molecular formula is C32H34Cl2N14O7. The molecule has 2 heterocycles. The van der Waals surface area contributed by atoms with Gasteiger partial charge in [-0.05, 0) is 11.1 Å². The summed E-state index contributed by atoms with van der Waals surface area (Å²) in [7, 11) is 0. The van der Waals surface area contributed by atoms with Crippen LogP contribution in [0.4, 0.5) is 32.9 Å². The average Bonchev–Trinajstić information content (AvgIpc) is 3.15. The highest BCUT2D eigenvalue weighted by Crippen LogP contribution is 2.23. The van der Waals surface area contributed by atoms with Gasteiger partial charge in [0.25, 0.3) is 11.8 Å². The highest BCUT2D eigenvalue weighted by atomic mass is 35.5. The van der Waals surface area contributed by atoms with Crippen LogP contribution in [0.15, 0.2) is 60.7 Å². The van der Waals surface area contributed by atoms with E-state index in [9.17, 15) is 19.2 Å². The van der Waals surface area contributed by atoms with E-state index in [-0.39, 0.29) is 51.2 Å². The monoisotopic (exact) mass is 796 g/mol. The minimum Gasteiger partial charge on any atom is -0.444 e. The smallest absolute Gasteiger partial charge is 0.413 e. The zero-order valence-electron chi connectivity index (χ0n) is 28.6. The van der Waals surface area contributed by atoms with Gasteiger partial charge in [-0.3, -0.25) is 40.8 Å². The number of hydrogen-bond acceptors (Lipinski definition) is 15. The van der Waals surface area contributed by atoms with Crippen molar-refractivity contribution in [3.8, 4) is 0 Å². The second-order valence-electron chi connectivity index (χ2n) is 10.9. The van der Waals surface area contributed by atoms with Gasteiger partial charge < -0.3 is 37.1 Å². The fourth-order valence-corrected chi connectivity index (χ4v) is 4.72. The van der Waals surface area contributed by atoms with Crippen molar-refractivity contribution in [1.82, 2.24) is 29.7 Å². The third-order valence-corrected chi connectivity index (χ3v) is 7.55. The van der Waals surface area contributed by atoms with Gasteiger partial charge in [-0.25, -0.2) is 29.5 Å². The van der Waals surface area contributed by atoms with Crippen LogP contribution in [0.25, 0.3) is 0 Å². The first-order valence-electron chi connectivity index (χ1n) is 15.8. The van der Waals surface area contributed by atoms with Crippen molar-refractivity contribution < 1.29 is 33.4 Å². The fourth-order valence-electron chi connectivity index (χ4n) is 4.37. The van der Waals surface area contributed by atoms with Gasteiger partial charge in [-0.15, -0.1) is 0 Å². The van der Waals surface area contributed by atoms with Crippen LogP contribution >= 0.6 is 23.2 Å². The third-order valence-electron chi connectivity index (χ3n) is 7.02. The molecule has 4 aromatic rings. The number of amides is 4. The fraction of sp³-hybridized carbons (Fsp3) is 0.188. The van der Waals surface area contributed by atoms with E-state index in [1.807, 2.05) is 12.1 Å². The number of guanidine groups is 2. The van der Waals surface area contributed by atoms with Crippen molar-refractivity contribution in [2.75, 3.05) is 48.4 Å². The number of nitrogens with two attached hydrogens (primary N) is 4. The van der Waals surface area contributed by atoms with Crippen molar-refractivity contribution in [3.05, 3.63) is 93.5 Å². The van der Waals surface area contributed by atoms with Crippen LogP contribution in [0, 0.1) is 10.8 Å². The lowest BCUT2D eigenvalue weighted by Gasteiger charge is -2.23. The molecule has 0 fully saturated rings. The molecule has 12 N–H and O–H groups in total. The summed E-state index contributed by atoms with van der Waals surface area (Å²) in [5.74, 6) is -4.77. The number of benzene rings is 2. The lowest BCUT2D eigenvalue weighted by Crippen LogP contribution is -2.45. The van der Waals surface area contributed by atoms with Crippen molar-refractivity contribution in [2.24, 2.45) is 11.5 Å². The summed E-state index contributed by atoms with van der Waals surface area (Å²) in [4.78, 5) is 68.2. The summed E-state index contributed by atoms with van der Waals surface area (Å²) in [6, 6.07) is 17.8. The molecule has 0 radical (unpaired) electrons. The van der Waals surface area contributed by atoms with Crippen LogP contribution in [0.3, 0.4) is 0 Å². The number of carbonyl (C=O) groups is 4. The Morgan fingerprint density at radius 3 is 1.35 bits per heavy atom. The first-order chi connectivity index (χ1) is 26.2. The van der Waals surface area contributed by atoms with Crippen molar-refractivity contribution in [2.45, 2.75) is 13.2 Å². The topological polar surface area (TPSA) is 330 Å². The number of ether oxygens (including phenoxy) is 3. The maximum absolute atomic E-state index is 13.2. The Balaban J connectivity index is 1.30. The van der Waals surface area contributed by atoms with E-state index in [0.717, 1.165) is 20.9 Å². The van der Waals surface area contributed by atoms with E-state index in [2.05, 4.69) is 30.6 Å². The van der Waals surface area contributed by atoms with Crippen LogP contribution in [0.1, 0.15) is 32.1 Å². The predicted octanol–water partition coefficient (Wildman–Crippen LogP) is 2.62. The molecule has 2 aromatic heterocycles. The minimum atomic E-state index is -0.963. The van der Waals surface area contributed by atoms with Gasteiger partial charge >= 0.3 is 12.2 Å². The van der Waals surface area contributed by atoms with Gasteiger partial charge in [0.05, 0.1) is 26.3 Å². The molecule has 4 rings (SSSR count). The van der Waals surface area contributed by atoms with Gasteiger partial charge in [0, 0.05) is 0 Å². The van der Waals surface area contributed by atoms with Crippen molar-refractivity contribution in [3.63, 3.8) is 0 Å². The lowest BCUT2D eigenvalue weighted by molar-refractivity contribution is 0.0695. The van der Waals surface area contributed by atoms with Crippen LogP contribution in [-0.4, -0.2) is 92.0 Å². The summed E-state index contributed by atoms with van der Waals surface area (Å²) >= 11 is 12.3. The van der Waals surface area contributed by atoms with E-state index in [1.54, 1.807) is 48.5 Å². The van der Waals surface area contributed by atoms with E-state index >= 15 is 0 Å². The Kier molecular flexibility index (Phi) is 14.4. The van der Waals surface area contributed by atoms with Crippen LogP contribution in [0.2, 0.25) is 10.3 Å². The third kappa shape index (κ3) is 11.6. The Morgan fingerprint density at radius 1 is 0.636 bits per heavy atom. The van der Waals surface area contributed by atoms with Crippen LogP contribution < -0.4 is 33.6 Å². The summed E-state index contributed by atoms with van der Waals surface area (Å²) in [5.41, 5.74) is 23.6. The standard InChI is InChI=1S/C32H34Cl2N14O7/c33-21-25(45-31(51)54-15-17-7-3-1-4-8-17)43-23(35)19(41-21)27(49)47(29(37)38)11-13-53-14-12-48(30(39)40)28(50)20-24(36)44-26(22(34)42-20)46-32(52)55-16-18-9-5-2-6-10-18/h1-10H,11-16H2,(H3,37,38)(H3,39,40)(H3,35,43,45,51)(H3,36,44,46,52). The molecule has 23 heteroatoms. The number of rotatable bonds is 14. The number of hydrogen-bond donors (Lipinski definition) is 8. The quantitative estimate of drug-likeness (QED) is 0.0516. The van der Waals surface area contributed by atoms with Gasteiger partial charge in [0.1, 0.15) is 13.2 Å². The first kappa shape index (κ1) is 40.9. The Morgan fingerprint density at radius 2 is 1.00 bits per heavy atom. The normalized spacial score (nSPS) is 10.5. The Labute approximate surface area is 322 Å². The summed E-state index contributed by atoms with van der Waals surface area (Å²) in [6.07, 6.45) is -1.81. The highest BCUT2D eigenvalue weighted by molar-refractivity contribution is 6.32. The zero-order valence-corrected chi connectivity index (χ0v) is 30.1. The van der Waals surface area contributed by atoms with Gasteiger partial charge in [0.15, 0.2) is 56.9 Å². The predicted molar refractivity (Wildman–Crippen MR) is 200 cm³/mol. The maximum Gasteiger partial charge on any atom is 0.413 e. The summed E-state index contributed by atoms with van der Waals surface area (Å²) < 4.78 is 15.8.